The summed E-state index contributed by atoms with van der Waals surface area (Å²) in [5.74, 6) is 6.00. The summed E-state index contributed by atoms with van der Waals surface area (Å²) in [7, 11) is 1.34. The number of nitrogens with two attached hydrogens (primary N) is 3. The Balaban J connectivity index is 2.52. The van der Waals surface area contributed by atoms with Gasteiger partial charge < -0.3 is 46.6 Å². The van der Waals surface area contributed by atoms with E-state index in [9.17, 15) is 15.3 Å². The minimum atomic E-state index is -1.38. The highest BCUT2D eigenvalue weighted by atomic mass is 16.7. The van der Waals surface area contributed by atoms with E-state index in [1.165, 1.54) is 18.3 Å². The first kappa shape index (κ1) is 21.1. The molecule has 0 aliphatic carbocycles. The number of hydrogen-bond donors (Lipinski definition) is 7. The Hall–Kier alpha value is -0.980. The molecule has 1 saturated heterocycles. The summed E-state index contributed by atoms with van der Waals surface area (Å²) in [6, 6.07) is 0. The monoisotopic (exact) mass is 349 g/mol. The van der Waals surface area contributed by atoms with Crippen LogP contribution < -0.4 is 22.6 Å². The highest BCUT2D eigenvalue weighted by Crippen LogP contribution is 2.23. The average molecular weight is 349 g/mol. The summed E-state index contributed by atoms with van der Waals surface area (Å²) in [6.07, 6.45) is -3.02. The maximum atomic E-state index is 10.1. The number of nitrogens with zero attached hydrogens (tertiary/aromatic N) is 1. The minimum Gasteiger partial charge on any atom is -0.403 e. The van der Waals surface area contributed by atoms with Gasteiger partial charge in [-0.3, -0.25) is 0 Å². The number of nitrogens with one attached hydrogen (secondary N) is 1. The molecule has 0 saturated carbocycles. The molecule has 10 heteroatoms. The fourth-order valence-electron chi connectivity index (χ4n) is 2.52. The number of rotatable bonds is 10. The van der Waals surface area contributed by atoms with Crippen molar-refractivity contribution in [3.63, 3.8) is 0 Å². The summed E-state index contributed by atoms with van der Waals surface area (Å²) in [6.45, 7) is 2.19. The third-order valence-corrected chi connectivity index (χ3v) is 3.95. The zero-order chi connectivity index (χ0) is 18.1. The van der Waals surface area contributed by atoms with Crippen molar-refractivity contribution in [2.75, 3.05) is 33.3 Å². The molecule has 10 N–H and O–H groups in total. The zero-order valence-corrected chi connectivity index (χ0v) is 14.0. The van der Waals surface area contributed by atoms with Crippen LogP contribution in [-0.4, -0.2) is 84.3 Å². The predicted octanol–water partition coefficient (Wildman–Crippen LogP) is -3.26. The largest absolute Gasteiger partial charge is 0.403 e. The number of methoxy groups -OCH3 is 1. The first-order chi connectivity index (χ1) is 11.5. The van der Waals surface area contributed by atoms with Gasteiger partial charge in [0.2, 0.25) is 0 Å². The fraction of sp³-hybridized carbons (Fsp3) is 0.857. The molecule has 1 aliphatic heterocycles. The maximum Gasteiger partial charge on any atom is 0.186 e. The molecule has 0 aromatic carbocycles. The van der Waals surface area contributed by atoms with Crippen LogP contribution in [0.2, 0.25) is 0 Å². The van der Waals surface area contributed by atoms with Crippen LogP contribution >= 0.6 is 0 Å². The SMILES string of the molecule is COC1OC(CN(N)/C(=C\N)CCCNCCN)C(O)C(O)C1O. The smallest absolute Gasteiger partial charge is 0.186 e. The summed E-state index contributed by atoms with van der Waals surface area (Å²) in [5.41, 5.74) is 11.7. The van der Waals surface area contributed by atoms with Crippen LogP contribution in [0.1, 0.15) is 12.8 Å². The van der Waals surface area contributed by atoms with E-state index in [0.717, 1.165) is 19.5 Å². The second kappa shape index (κ2) is 10.8. The molecule has 1 aliphatic rings. The van der Waals surface area contributed by atoms with Gasteiger partial charge in [0, 0.05) is 32.1 Å². The zero-order valence-electron chi connectivity index (χ0n) is 14.0. The summed E-state index contributed by atoms with van der Waals surface area (Å²) < 4.78 is 10.4. The van der Waals surface area contributed by atoms with E-state index in [2.05, 4.69) is 5.32 Å². The highest BCUT2D eigenvalue weighted by Gasteiger charge is 2.44. The van der Waals surface area contributed by atoms with Gasteiger partial charge in [-0.2, -0.15) is 0 Å². The van der Waals surface area contributed by atoms with Crippen molar-refractivity contribution in [2.45, 2.75) is 43.5 Å². The highest BCUT2D eigenvalue weighted by molar-refractivity contribution is 4.99. The van der Waals surface area contributed by atoms with Gasteiger partial charge >= 0.3 is 0 Å². The number of hydrazine groups is 1. The van der Waals surface area contributed by atoms with Crippen LogP contribution in [0, 0.1) is 0 Å². The summed E-state index contributed by atoms with van der Waals surface area (Å²) in [4.78, 5) is 0. The Bertz CT molecular complexity index is 385. The van der Waals surface area contributed by atoms with Crippen LogP contribution in [0.25, 0.3) is 0 Å². The van der Waals surface area contributed by atoms with Crippen LogP contribution in [0.5, 0.6) is 0 Å². The molecule has 10 nitrogen and oxygen atoms in total. The summed E-state index contributed by atoms with van der Waals surface area (Å²) >= 11 is 0. The van der Waals surface area contributed by atoms with Crippen LogP contribution in [0.15, 0.2) is 11.9 Å². The number of aliphatic hydroxyl groups is 3. The fourth-order valence-corrected chi connectivity index (χ4v) is 2.52. The molecule has 142 valence electrons. The maximum absolute atomic E-state index is 10.1. The van der Waals surface area contributed by atoms with Crippen LogP contribution in [0.4, 0.5) is 0 Å². The van der Waals surface area contributed by atoms with E-state index in [1.54, 1.807) is 0 Å². The number of hydrogen-bond acceptors (Lipinski definition) is 10. The van der Waals surface area contributed by atoms with Crippen LogP contribution in [-0.2, 0) is 9.47 Å². The average Bonchev–Trinajstić information content (AvgIpc) is 2.58. The Morgan fingerprint density at radius 2 is 1.96 bits per heavy atom. The van der Waals surface area contributed by atoms with Crippen molar-refractivity contribution < 1.29 is 24.8 Å². The van der Waals surface area contributed by atoms with Gasteiger partial charge in [0.05, 0.1) is 6.54 Å². The molecule has 0 aromatic rings. The Morgan fingerprint density at radius 3 is 2.54 bits per heavy atom. The lowest BCUT2D eigenvalue weighted by Crippen LogP contribution is -2.60. The van der Waals surface area contributed by atoms with Crippen molar-refractivity contribution in [3.8, 4) is 0 Å². The second-order valence-corrected chi connectivity index (χ2v) is 5.70. The number of aliphatic hydroxyl groups excluding tert-OH is 3. The summed E-state index contributed by atoms with van der Waals surface area (Å²) in [5, 5.41) is 34.2. The van der Waals surface area contributed by atoms with E-state index in [0.29, 0.717) is 18.7 Å². The lowest BCUT2D eigenvalue weighted by molar-refractivity contribution is -0.291. The van der Waals surface area contributed by atoms with Crippen molar-refractivity contribution in [2.24, 2.45) is 17.3 Å². The number of allylic oxidation sites excluding steroid dienone is 1. The van der Waals surface area contributed by atoms with Gasteiger partial charge in [0.25, 0.3) is 0 Å². The van der Waals surface area contributed by atoms with Gasteiger partial charge in [0.1, 0.15) is 24.4 Å². The predicted molar refractivity (Wildman–Crippen MR) is 88.0 cm³/mol. The normalized spacial score (nSPS) is 31.2. The van der Waals surface area contributed by atoms with Crippen molar-refractivity contribution in [1.82, 2.24) is 10.3 Å². The van der Waals surface area contributed by atoms with E-state index in [-0.39, 0.29) is 6.54 Å². The van der Waals surface area contributed by atoms with Gasteiger partial charge in [-0.1, -0.05) is 0 Å². The molecule has 0 radical (unpaired) electrons. The molecule has 0 bridgehead atoms. The molecule has 5 atom stereocenters. The first-order valence-electron chi connectivity index (χ1n) is 8.02. The van der Waals surface area contributed by atoms with Crippen LogP contribution in [0.3, 0.4) is 0 Å². The molecule has 1 fully saturated rings. The topological polar surface area (TPSA) is 172 Å². The van der Waals surface area contributed by atoms with Gasteiger partial charge in [0.15, 0.2) is 6.29 Å². The number of ether oxygens (including phenoxy) is 2. The molecule has 0 spiro atoms. The van der Waals surface area contributed by atoms with E-state index >= 15 is 0 Å². The van der Waals surface area contributed by atoms with Gasteiger partial charge in [-0.25, -0.2) is 5.84 Å². The Morgan fingerprint density at radius 1 is 1.25 bits per heavy atom. The third-order valence-electron chi connectivity index (χ3n) is 3.95. The van der Waals surface area contributed by atoms with E-state index in [1.807, 2.05) is 0 Å². The standard InChI is InChI=1S/C14H31N5O5/c1-23-14-13(22)12(21)11(20)10(24-14)8-19(17)9(7-16)3-2-5-18-6-4-15/h7,10-14,18,20-22H,2-6,8,15-17H2,1H3/b9-7-. The Labute approximate surface area is 142 Å². The molecule has 0 aromatic heterocycles. The van der Waals surface area contributed by atoms with Crippen molar-refractivity contribution >= 4 is 0 Å². The lowest BCUT2D eigenvalue weighted by atomic mass is 9.98. The van der Waals surface area contributed by atoms with E-state index < -0.39 is 30.7 Å². The van der Waals surface area contributed by atoms with E-state index in [4.69, 9.17) is 26.8 Å². The van der Waals surface area contributed by atoms with Crippen molar-refractivity contribution in [1.29, 1.82) is 0 Å². The molecule has 1 heterocycles. The quantitative estimate of drug-likeness (QED) is 0.121. The molecular formula is C14H31N5O5. The first-order valence-corrected chi connectivity index (χ1v) is 8.02. The Kier molecular flexibility index (Phi) is 9.48. The molecule has 0 amide bonds. The molecule has 24 heavy (non-hydrogen) atoms. The minimum absolute atomic E-state index is 0.0874. The molecular weight excluding hydrogens is 318 g/mol. The second-order valence-electron chi connectivity index (χ2n) is 5.70. The van der Waals surface area contributed by atoms with Gasteiger partial charge in [-0.05, 0) is 19.4 Å². The lowest BCUT2D eigenvalue weighted by Gasteiger charge is -2.41. The third kappa shape index (κ3) is 5.83. The van der Waals surface area contributed by atoms with Gasteiger partial charge in [-0.15, -0.1) is 0 Å². The molecule has 5 unspecified atom stereocenters. The van der Waals surface area contributed by atoms with Crippen molar-refractivity contribution in [3.05, 3.63) is 11.9 Å². The molecule has 1 rings (SSSR count).